The second-order valence-electron chi connectivity index (χ2n) is 3.57. The van der Waals surface area contributed by atoms with Crippen molar-refractivity contribution in [2.45, 2.75) is 18.7 Å². The molecule has 1 fully saturated rings. The Morgan fingerprint density at radius 1 is 1.50 bits per heavy atom. The molecule has 1 heterocycles. The van der Waals surface area contributed by atoms with Crippen LogP contribution < -0.4 is 5.32 Å². The van der Waals surface area contributed by atoms with Crippen LogP contribution in [0.4, 0.5) is 4.39 Å². The van der Waals surface area contributed by atoms with Crippen molar-refractivity contribution in [1.29, 1.82) is 0 Å². The van der Waals surface area contributed by atoms with E-state index in [1.165, 1.54) is 6.42 Å². The molecule has 1 atom stereocenters. The Bertz CT molecular complexity index is 321. The average Bonchev–Trinajstić information content (AvgIpc) is 2.23. The largest absolute Gasteiger partial charge is 0.302 e. The monoisotopic (exact) mass is 211 g/mol. The molecule has 0 saturated carbocycles. The first-order valence-electron chi connectivity index (χ1n) is 4.88. The fourth-order valence-corrected chi connectivity index (χ4v) is 2.67. The fourth-order valence-electron chi connectivity index (χ4n) is 1.55. The van der Waals surface area contributed by atoms with Crippen molar-refractivity contribution < 1.29 is 4.39 Å². The summed E-state index contributed by atoms with van der Waals surface area (Å²) in [7, 11) is 0. The third-order valence-corrected chi connectivity index (χ3v) is 3.73. The lowest BCUT2D eigenvalue weighted by atomic mass is 10.1. The SMILES string of the molecule is Cc1ccc(C2NCCCS2)cc1F. The van der Waals surface area contributed by atoms with E-state index >= 15 is 0 Å². The maximum absolute atomic E-state index is 13.3. The van der Waals surface area contributed by atoms with Crippen LogP contribution in [0.5, 0.6) is 0 Å². The molecule has 1 unspecified atom stereocenters. The summed E-state index contributed by atoms with van der Waals surface area (Å²) in [6.45, 7) is 2.83. The van der Waals surface area contributed by atoms with Crippen LogP contribution in [-0.4, -0.2) is 12.3 Å². The highest BCUT2D eigenvalue weighted by atomic mass is 32.2. The fraction of sp³-hybridized carbons (Fsp3) is 0.455. The molecule has 76 valence electrons. The van der Waals surface area contributed by atoms with Gasteiger partial charge in [-0.15, -0.1) is 11.8 Å². The zero-order valence-electron chi connectivity index (χ0n) is 8.22. The van der Waals surface area contributed by atoms with Crippen LogP contribution in [0.15, 0.2) is 18.2 Å². The first-order chi connectivity index (χ1) is 6.77. The van der Waals surface area contributed by atoms with E-state index in [4.69, 9.17) is 0 Å². The number of hydrogen-bond donors (Lipinski definition) is 1. The van der Waals surface area contributed by atoms with Crippen LogP contribution in [0.25, 0.3) is 0 Å². The van der Waals surface area contributed by atoms with Crippen LogP contribution >= 0.6 is 11.8 Å². The third-order valence-electron chi connectivity index (χ3n) is 2.43. The van der Waals surface area contributed by atoms with Crippen LogP contribution in [0.3, 0.4) is 0 Å². The molecule has 0 amide bonds. The van der Waals surface area contributed by atoms with Crippen LogP contribution in [0.2, 0.25) is 0 Å². The molecular weight excluding hydrogens is 197 g/mol. The van der Waals surface area contributed by atoms with E-state index < -0.39 is 0 Å². The summed E-state index contributed by atoms with van der Waals surface area (Å²) in [5, 5.41) is 3.66. The maximum Gasteiger partial charge on any atom is 0.126 e. The standard InChI is InChI=1S/C11H14FNS/c1-8-3-4-9(7-10(8)12)11-13-5-2-6-14-11/h3-4,7,11,13H,2,5-6H2,1H3. The third kappa shape index (κ3) is 2.10. The molecule has 0 aliphatic carbocycles. The molecule has 1 aromatic rings. The maximum atomic E-state index is 13.3. The Labute approximate surface area is 88.1 Å². The van der Waals surface area contributed by atoms with E-state index in [9.17, 15) is 4.39 Å². The molecule has 1 aromatic carbocycles. The number of thioether (sulfide) groups is 1. The lowest BCUT2D eigenvalue weighted by Gasteiger charge is -2.23. The molecule has 0 spiro atoms. The highest BCUT2D eigenvalue weighted by molar-refractivity contribution is 7.99. The van der Waals surface area contributed by atoms with Gasteiger partial charge in [0.15, 0.2) is 0 Å². The minimum atomic E-state index is -0.101. The minimum Gasteiger partial charge on any atom is -0.302 e. The topological polar surface area (TPSA) is 12.0 Å². The predicted octanol–water partition coefficient (Wildman–Crippen LogP) is 2.86. The normalized spacial score (nSPS) is 22.3. The molecule has 14 heavy (non-hydrogen) atoms. The van der Waals surface area contributed by atoms with Crippen molar-refractivity contribution in [3.63, 3.8) is 0 Å². The second-order valence-corrected chi connectivity index (χ2v) is 4.78. The summed E-state index contributed by atoms with van der Waals surface area (Å²) in [4.78, 5) is 0. The number of aryl methyl sites for hydroxylation is 1. The number of hydrogen-bond acceptors (Lipinski definition) is 2. The summed E-state index contributed by atoms with van der Waals surface area (Å²) >= 11 is 1.85. The van der Waals surface area contributed by atoms with E-state index in [0.717, 1.165) is 23.4 Å². The Morgan fingerprint density at radius 3 is 3.00 bits per heavy atom. The van der Waals surface area contributed by atoms with Crippen molar-refractivity contribution >= 4 is 11.8 Å². The number of halogens is 1. The van der Waals surface area contributed by atoms with E-state index in [0.29, 0.717) is 0 Å². The first kappa shape index (κ1) is 9.99. The Morgan fingerprint density at radius 2 is 2.36 bits per heavy atom. The van der Waals surface area contributed by atoms with Crippen molar-refractivity contribution in [2.75, 3.05) is 12.3 Å². The Hall–Kier alpha value is -0.540. The average molecular weight is 211 g/mol. The van der Waals surface area contributed by atoms with Gasteiger partial charge in [0, 0.05) is 0 Å². The van der Waals surface area contributed by atoms with Crippen LogP contribution in [0, 0.1) is 12.7 Å². The van der Waals surface area contributed by atoms with Crippen molar-refractivity contribution in [3.8, 4) is 0 Å². The predicted molar refractivity (Wildman–Crippen MR) is 59.0 cm³/mol. The van der Waals surface area contributed by atoms with Gasteiger partial charge in [-0.25, -0.2) is 4.39 Å². The first-order valence-corrected chi connectivity index (χ1v) is 5.93. The molecule has 0 aromatic heterocycles. The van der Waals surface area contributed by atoms with Gasteiger partial charge in [-0.1, -0.05) is 12.1 Å². The zero-order valence-corrected chi connectivity index (χ0v) is 9.03. The van der Waals surface area contributed by atoms with E-state index in [2.05, 4.69) is 5.32 Å². The van der Waals surface area contributed by atoms with Gasteiger partial charge >= 0.3 is 0 Å². The molecule has 2 rings (SSSR count). The number of rotatable bonds is 1. The van der Waals surface area contributed by atoms with Gasteiger partial charge in [-0.3, -0.25) is 0 Å². The molecule has 1 aliphatic rings. The smallest absolute Gasteiger partial charge is 0.126 e. The number of benzene rings is 1. The number of nitrogens with one attached hydrogen (secondary N) is 1. The van der Waals surface area contributed by atoms with E-state index in [1.54, 1.807) is 13.0 Å². The molecule has 1 N–H and O–H groups in total. The molecule has 1 nitrogen and oxygen atoms in total. The van der Waals surface area contributed by atoms with Gasteiger partial charge in [0.1, 0.15) is 5.82 Å². The summed E-state index contributed by atoms with van der Waals surface area (Å²) < 4.78 is 13.3. The van der Waals surface area contributed by atoms with Gasteiger partial charge in [0.2, 0.25) is 0 Å². The van der Waals surface area contributed by atoms with E-state index in [-0.39, 0.29) is 11.2 Å². The van der Waals surface area contributed by atoms with Gasteiger partial charge in [-0.2, -0.15) is 0 Å². The van der Waals surface area contributed by atoms with Crippen molar-refractivity contribution in [1.82, 2.24) is 5.32 Å². The summed E-state index contributed by atoms with van der Waals surface area (Å²) in [6.07, 6.45) is 1.20. The minimum absolute atomic E-state index is 0.101. The molecule has 0 radical (unpaired) electrons. The summed E-state index contributed by atoms with van der Waals surface area (Å²) in [5.74, 6) is 1.06. The second kappa shape index (κ2) is 4.32. The highest BCUT2D eigenvalue weighted by Gasteiger charge is 2.15. The molecule has 1 aliphatic heterocycles. The van der Waals surface area contributed by atoms with Crippen molar-refractivity contribution in [3.05, 3.63) is 35.1 Å². The highest BCUT2D eigenvalue weighted by Crippen LogP contribution is 2.30. The molecule has 1 saturated heterocycles. The van der Waals surface area contributed by atoms with Crippen LogP contribution in [-0.2, 0) is 0 Å². The summed E-state index contributed by atoms with van der Waals surface area (Å²) in [6, 6.07) is 5.50. The van der Waals surface area contributed by atoms with Gasteiger partial charge in [0.25, 0.3) is 0 Å². The molecule has 0 bridgehead atoms. The lowest BCUT2D eigenvalue weighted by Crippen LogP contribution is -2.25. The van der Waals surface area contributed by atoms with Gasteiger partial charge in [0.05, 0.1) is 5.37 Å². The van der Waals surface area contributed by atoms with E-state index in [1.807, 2.05) is 23.9 Å². The molecular formula is C11H14FNS. The lowest BCUT2D eigenvalue weighted by molar-refractivity contribution is 0.605. The Kier molecular flexibility index (Phi) is 3.08. The quantitative estimate of drug-likeness (QED) is 0.766. The van der Waals surface area contributed by atoms with Gasteiger partial charge in [-0.05, 0) is 42.8 Å². The van der Waals surface area contributed by atoms with Crippen molar-refractivity contribution in [2.24, 2.45) is 0 Å². The summed E-state index contributed by atoms with van der Waals surface area (Å²) in [5.41, 5.74) is 1.77. The van der Waals surface area contributed by atoms with Gasteiger partial charge < -0.3 is 5.32 Å². The zero-order chi connectivity index (χ0) is 9.97. The molecule has 3 heteroatoms. The van der Waals surface area contributed by atoms with Crippen LogP contribution in [0.1, 0.15) is 22.9 Å². The Balaban J connectivity index is 2.18.